The Morgan fingerprint density at radius 2 is 0.971 bits per heavy atom. The van der Waals surface area contributed by atoms with Gasteiger partial charge in [-0.1, -0.05) is 128 Å². The largest absolute Gasteiger partial charge is 0.312 e. The highest BCUT2D eigenvalue weighted by atomic mass is 31.2. The molecule has 4 aromatic carbocycles. The lowest BCUT2D eigenvalue weighted by atomic mass is 9.87. The van der Waals surface area contributed by atoms with Gasteiger partial charge in [0.05, 0.1) is 5.16 Å². The molecule has 1 aliphatic rings. The van der Waals surface area contributed by atoms with Gasteiger partial charge < -0.3 is 9.46 Å². The lowest BCUT2D eigenvalue weighted by Gasteiger charge is -2.44. The quantitative estimate of drug-likeness (QED) is 0.259. The summed E-state index contributed by atoms with van der Waals surface area (Å²) in [5.41, 5.74) is 2.25. The van der Waals surface area contributed by atoms with Crippen molar-refractivity contribution in [3.63, 3.8) is 0 Å². The van der Waals surface area contributed by atoms with Crippen LogP contribution < -0.4 is 10.6 Å². The van der Waals surface area contributed by atoms with E-state index in [9.17, 15) is 0 Å². The molecule has 0 spiro atoms. The zero-order valence-corrected chi connectivity index (χ0v) is 21.2. The summed E-state index contributed by atoms with van der Waals surface area (Å²) in [6.45, 7) is 3.18. The molecule has 35 heavy (non-hydrogen) atoms. The Bertz CT molecular complexity index is 1150. The van der Waals surface area contributed by atoms with E-state index in [0.29, 0.717) is 0 Å². The molecule has 3 heteroatoms. The van der Waals surface area contributed by atoms with Crippen LogP contribution in [0.2, 0.25) is 0 Å². The molecular weight excluding hydrogens is 445 g/mol. The zero-order chi connectivity index (χ0) is 24.0. The molecule has 0 N–H and O–H groups in total. The summed E-state index contributed by atoms with van der Waals surface area (Å²) in [4.78, 5) is 2.57. The summed E-state index contributed by atoms with van der Waals surface area (Å²) < 4.78 is 16.1. The molecule has 0 atom stereocenters. The van der Waals surface area contributed by atoms with E-state index >= 15 is 4.57 Å². The maximum Gasteiger partial charge on any atom is 0.157 e. The zero-order valence-electron chi connectivity index (χ0n) is 20.3. The fourth-order valence-corrected chi connectivity index (χ4v) is 9.58. The van der Waals surface area contributed by atoms with Crippen LogP contribution in [0.5, 0.6) is 0 Å². The molecule has 0 aliphatic carbocycles. The number of benzene rings is 4. The molecular formula is C32H34NOP. The smallest absolute Gasteiger partial charge is 0.157 e. The third-order valence-corrected chi connectivity index (χ3v) is 11.4. The van der Waals surface area contributed by atoms with Crippen LogP contribution in [-0.4, -0.2) is 24.5 Å². The highest BCUT2D eigenvalue weighted by Gasteiger charge is 2.52. The van der Waals surface area contributed by atoms with Gasteiger partial charge in [0, 0.05) is 10.6 Å². The van der Waals surface area contributed by atoms with Gasteiger partial charge >= 0.3 is 0 Å². The number of nitrogens with zero attached hydrogens (tertiary/aromatic N) is 1. The van der Waals surface area contributed by atoms with E-state index in [1.54, 1.807) is 0 Å². The van der Waals surface area contributed by atoms with Crippen LogP contribution in [0.15, 0.2) is 121 Å². The van der Waals surface area contributed by atoms with E-state index < -0.39 is 12.3 Å². The molecule has 1 heterocycles. The molecule has 178 valence electrons. The molecule has 1 fully saturated rings. The van der Waals surface area contributed by atoms with Gasteiger partial charge in [-0.2, -0.15) is 0 Å². The maximum absolute atomic E-state index is 16.1. The average Bonchev–Trinajstić information content (AvgIpc) is 2.96. The predicted molar refractivity (Wildman–Crippen MR) is 148 cm³/mol. The van der Waals surface area contributed by atoms with E-state index in [-0.39, 0.29) is 0 Å². The molecule has 4 aromatic rings. The van der Waals surface area contributed by atoms with Gasteiger partial charge in [-0.25, -0.2) is 0 Å². The average molecular weight is 480 g/mol. The van der Waals surface area contributed by atoms with Crippen molar-refractivity contribution in [3.05, 3.63) is 132 Å². The molecule has 1 aliphatic heterocycles. The molecule has 0 bridgehead atoms. The van der Waals surface area contributed by atoms with Crippen LogP contribution in [0.1, 0.15) is 36.8 Å². The predicted octanol–water partition coefficient (Wildman–Crippen LogP) is 6.82. The number of rotatable bonds is 8. The van der Waals surface area contributed by atoms with E-state index in [2.05, 4.69) is 89.8 Å². The van der Waals surface area contributed by atoms with Gasteiger partial charge in [0.2, 0.25) is 0 Å². The van der Waals surface area contributed by atoms with Gasteiger partial charge in [-0.15, -0.1) is 0 Å². The van der Waals surface area contributed by atoms with Crippen molar-refractivity contribution < 1.29 is 4.57 Å². The Morgan fingerprint density at radius 1 is 0.571 bits per heavy atom. The molecule has 0 aromatic heterocycles. The third kappa shape index (κ3) is 4.54. The minimum absolute atomic E-state index is 0.685. The van der Waals surface area contributed by atoms with Crippen molar-refractivity contribution in [2.45, 2.75) is 30.8 Å². The Kier molecular flexibility index (Phi) is 7.32. The summed E-state index contributed by atoms with van der Waals surface area (Å²) in [6.07, 6.45) is 4.60. The minimum atomic E-state index is -3.20. The van der Waals surface area contributed by atoms with Crippen molar-refractivity contribution in [2.75, 3.05) is 19.6 Å². The normalized spacial score (nSPS) is 15.1. The van der Waals surface area contributed by atoms with E-state index in [1.165, 1.54) is 19.3 Å². The molecule has 0 saturated carbocycles. The maximum atomic E-state index is 16.1. The third-order valence-electron chi connectivity index (χ3n) is 7.52. The molecule has 0 unspecified atom stereocenters. The Hall–Kier alpha value is -2.93. The fourth-order valence-electron chi connectivity index (χ4n) is 5.77. The topological polar surface area (TPSA) is 20.3 Å². The van der Waals surface area contributed by atoms with Crippen LogP contribution in [0, 0.1) is 0 Å². The van der Waals surface area contributed by atoms with Gasteiger partial charge in [-0.05, 0) is 50.0 Å². The van der Waals surface area contributed by atoms with Crippen LogP contribution in [0.4, 0.5) is 0 Å². The van der Waals surface area contributed by atoms with E-state index in [0.717, 1.165) is 47.8 Å². The molecule has 5 rings (SSSR count). The fraction of sp³-hybridized carbons (Fsp3) is 0.250. The number of hydrogen-bond donors (Lipinski definition) is 0. The van der Waals surface area contributed by atoms with Gasteiger partial charge in [-0.3, -0.25) is 0 Å². The second kappa shape index (κ2) is 10.8. The first-order valence-corrected chi connectivity index (χ1v) is 14.5. The summed E-state index contributed by atoms with van der Waals surface area (Å²) >= 11 is 0. The number of hydrogen-bond acceptors (Lipinski definition) is 2. The summed E-state index contributed by atoms with van der Waals surface area (Å²) in [6, 6.07) is 41.6. The van der Waals surface area contributed by atoms with Crippen LogP contribution in [0.25, 0.3) is 0 Å². The Morgan fingerprint density at radius 3 is 1.40 bits per heavy atom. The second-order valence-electron chi connectivity index (χ2n) is 9.52. The van der Waals surface area contributed by atoms with Gasteiger partial charge in [0.25, 0.3) is 0 Å². The molecule has 0 radical (unpaired) electrons. The highest BCUT2D eigenvalue weighted by molar-refractivity contribution is 7.80. The number of piperidine rings is 1. The van der Waals surface area contributed by atoms with Crippen molar-refractivity contribution in [3.8, 4) is 0 Å². The second-order valence-corrected chi connectivity index (χ2v) is 12.5. The first-order valence-electron chi connectivity index (χ1n) is 12.8. The summed E-state index contributed by atoms with van der Waals surface area (Å²) in [7, 11) is -3.20. The lowest BCUT2D eigenvalue weighted by Crippen LogP contribution is -2.41. The van der Waals surface area contributed by atoms with E-state index in [1.807, 2.05) is 36.4 Å². The first-order chi connectivity index (χ1) is 17.2. The monoisotopic (exact) mass is 479 g/mol. The van der Waals surface area contributed by atoms with Gasteiger partial charge in [0.1, 0.15) is 0 Å². The molecule has 1 saturated heterocycles. The molecule has 0 amide bonds. The lowest BCUT2D eigenvalue weighted by molar-refractivity contribution is 0.220. The SMILES string of the molecule is O=P(c1ccccc1)(c1ccccc1)C(CCN1CCCCC1)(c1ccccc1)c1ccccc1. The van der Waals surface area contributed by atoms with Crippen LogP contribution in [-0.2, 0) is 9.72 Å². The van der Waals surface area contributed by atoms with E-state index in [4.69, 9.17) is 0 Å². The van der Waals surface area contributed by atoms with Crippen molar-refractivity contribution in [1.29, 1.82) is 0 Å². The summed E-state index contributed by atoms with van der Waals surface area (Å²) in [5.74, 6) is 0. The molecule has 2 nitrogen and oxygen atoms in total. The Balaban J connectivity index is 1.80. The van der Waals surface area contributed by atoms with Crippen LogP contribution in [0.3, 0.4) is 0 Å². The standard InChI is InChI=1S/C32H34NOP/c34-35(30-20-10-3-11-21-30,31-22-12-4-13-23-31)32(28-16-6-1-7-17-28,29-18-8-2-9-19-29)24-27-33-25-14-5-15-26-33/h1-4,6-13,16-23H,5,14-15,24-27H2. The van der Waals surface area contributed by atoms with Crippen molar-refractivity contribution in [2.24, 2.45) is 0 Å². The van der Waals surface area contributed by atoms with Gasteiger partial charge in [0.15, 0.2) is 7.14 Å². The minimum Gasteiger partial charge on any atom is -0.312 e. The van der Waals surface area contributed by atoms with Crippen LogP contribution >= 0.6 is 7.14 Å². The number of likely N-dealkylation sites (tertiary alicyclic amines) is 1. The van der Waals surface area contributed by atoms with Crippen molar-refractivity contribution >= 4 is 17.8 Å². The summed E-state index contributed by atoms with van der Waals surface area (Å²) in [5, 5.41) is 1.14. The van der Waals surface area contributed by atoms with Crippen molar-refractivity contribution in [1.82, 2.24) is 4.90 Å². The first kappa shape index (κ1) is 23.8. The highest BCUT2D eigenvalue weighted by Crippen LogP contribution is 2.66. The Labute approximate surface area is 210 Å².